The Balaban J connectivity index is 2.66. The van der Waals surface area contributed by atoms with Crippen LogP contribution in [0, 0.1) is 0 Å². The molecular weight excluding hydrogens is 154 g/mol. The van der Waals surface area contributed by atoms with E-state index in [1.807, 2.05) is 25.1 Å². The molecule has 0 radical (unpaired) electrons. The SMILES string of the molecule is CCOC(OC)c1ccccn1. The molecule has 0 saturated carbocycles. The summed E-state index contributed by atoms with van der Waals surface area (Å²) in [5, 5.41) is 0. The van der Waals surface area contributed by atoms with Crippen molar-refractivity contribution in [2.75, 3.05) is 13.7 Å². The van der Waals surface area contributed by atoms with Gasteiger partial charge in [-0.3, -0.25) is 4.98 Å². The maximum Gasteiger partial charge on any atom is 0.200 e. The third kappa shape index (κ3) is 2.29. The van der Waals surface area contributed by atoms with Crippen molar-refractivity contribution in [3.63, 3.8) is 0 Å². The van der Waals surface area contributed by atoms with Gasteiger partial charge in [0.05, 0.1) is 5.69 Å². The minimum absolute atomic E-state index is 0.337. The van der Waals surface area contributed by atoms with Crippen LogP contribution in [0.15, 0.2) is 24.4 Å². The van der Waals surface area contributed by atoms with Gasteiger partial charge in [-0.1, -0.05) is 6.07 Å². The van der Waals surface area contributed by atoms with Gasteiger partial charge in [0.1, 0.15) is 0 Å². The van der Waals surface area contributed by atoms with E-state index >= 15 is 0 Å². The second-order valence-corrected chi connectivity index (χ2v) is 2.28. The molecule has 12 heavy (non-hydrogen) atoms. The van der Waals surface area contributed by atoms with Crippen molar-refractivity contribution in [2.24, 2.45) is 0 Å². The van der Waals surface area contributed by atoms with Crippen LogP contribution in [0.5, 0.6) is 0 Å². The van der Waals surface area contributed by atoms with Crippen molar-refractivity contribution in [3.8, 4) is 0 Å². The summed E-state index contributed by atoms with van der Waals surface area (Å²) in [5.74, 6) is 0. The molecule has 0 fully saturated rings. The fourth-order valence-corrected chi connectivity index (χ4v) is 0.941. The van der Waals surface area contributed by atoms with Crippen LogP contribution in [0.2, 0.25) is 0 Å². The topological polar surface area (TPSA) is 31.4 Å². The Morgan fingerprint density at radius 2 is 2.33 bits per heavy atom. The molecule has 3 nitrogen and oxygen atoms in total. The number of hydrogen-bond acceptors (Lipinski definition) is 3. The van der Waals surface area contributed by atoms with Crippen molar-refractivity contribution < 1.29 is 9.47 Å². The highest BCUT2D eigenvalue weighted by molar-refractivity contribution is 5.04. The van der Waals surface area contributed by atoms with Gasteiger partial charge in [0.25, 0.3) is 0 Å². The molecule has 0 aliphatic heterocycles. The summed E-state index contributed by atoms with van der Waals surface area (Å²) in [6, 6.07) is 5.65. The Bertz CT molecular complexity index is 213. The first-order chi connectivity index (χ1) is 5.88. The highest BCUT2D eigenvalue weighted by Gasteiger charge is 2.09. The van der Waals surface area contributed by atoms with Gasteiger partial charge in [0, 0.05) is 19.9 Å². The minimum Gasteiger partial charge on any atom is -0.350 e. The van der Waals surface area contributed by atoms with Crippen LogP contribution in [0.4, 0.5) is 0 Å². The van der Waals surface area contributed by atoms with E-state index in [4.69, 9.17) is 9.47 Å². The van der Waals surface area contributed by atoms with E-state index in [9.17, 15) is 0 Å². The molecule has 0 aliphatic rings. The molecule has 0 spiro atoms. The van der Waals surface area contributed by atoms with Crippen molar-refractivity contribution in [1.29, 1.82) is 0 Å². The molecule has 3 heteroatoms. The average molecular weight is 167 g/mol. The molecule has 1 aromatic rings. The maximum atomic E-state index is 5.29. The van der Waals surface area contributed by atoms with Gasteiger partial charge in [-0.2, -0.15) is 0 Å². The predicted molar refractivity (Wildman–Crippen MR) is 45.6 cm³/mol. The molecule has 66 valence electrons. The quantitative estimate of drug-likeness (QED) is 0.640. The largest absolute Gasteiger partial charge is 0.350 e. The number of rotatable bonds is 4. The van der Waals surface area contributed by atoms with Crippen LogP contribution in [-0.4, -0.2) is 18.7 Å². The zero-order valence-corrected chi connectivity index (χ0v) is 7.36. The molecule has 0 N–H and O–H groups in total. The molecule has 1 atom stereocenters. The Labute approximate surface area is 72.3 Å². The summed E-state index contributed by atoms with van der Waals surface area (Å²) in [5.41, 5.74) is 0.807. The monoisotopic (exact) mass is 167 g/mol. The first-order valence-corrected chi connectivity index (χ1v) is 3.93. The predicted octanol–water partition coefficient (Wildman–Crippen LogP) is 1.76. The Kier molecular flexibility index (Phi) is 3.70. The fourth-order valence-electron chi connectivity index (χ4n) is 0.941. The van der Waals surface area contributed by atoms with E-state index in [1.54, 1.807) is 13.3 Å². The molecule has 0 amide bonds. The van der Waals surface area contributed by atoms with Crippen molar-refractivity contribution in [3.05, 3.63) is 30.1 Å². The first kappa shape index (κ1) is 9.16. The Hall–Kier alpha value is -0.930. The van der Waals surface area contributed by atoms with Gasteiger partial charge < -0.3 is 9.47 Å². The van der Waals surface area contributed by atoms with Crippen LogP contribution in [0.3, 0.4) is 0 Å². The number of nitrogens with zero attached hydrogens (tertiary/aromatic N) is 1. The third-order valence-corrected chi connectivity index (χ3v) is 1.46. The second kappa shape index (κ2) is 4.85. The summed E-state index contributed by atoms with van der Waals surface area (Å²) in [6.07, 6.45) is 1.39. The fraction of sp³-hybridized carbons (Fsp3) is 0.444. The first-order valence-electron chi connectivity index (χ1n) is 3.93. The molecule has 1 heterocycles. The van der Waals surface area contributed by atoms with Gasteiger partial charge in [-0.25, -0.2) is 0 Å². The van der Waals surface area contributed by atoms with Gasteiger partial charge in [0.2, 0.25) is 6.29 Å². The normalized spacial score (nSPS) is 12.8. The van der Waals surface area contributed by atoms with E-state index in [0.29, 0.717) is 6.61 Å². The Morgan fingerprint density at radius 3 is 2.83 bits per heavy atom. The van der Waals surface area contributed by atoms with Crippen molar-refractivity contribution in [1.82, 2.24) is 4.98 Å². The van der Waals surface area contributed by atoms with E-state index < -0.39 is 0 Å². The summed E-state index contributed by atoms with van der Waals surface area (Å²) < 4.78 is 10.4. The van der Waals surface area contributed by atoms with Crippen LogP contribution in [0.1, 0.15) is 18.9 Å². The van der Waals surface area contributed by atoms with Crippen molar-refractivity contribution >= 4 is 0 Å². The summed E-state index contributed by atoms with van der Waals surface area (Å²) in [7, 11) is 1.61. The van der Waals surface area contributed by atoms with E-state index in [2.05, 4.69) is 4.98 Å². The van der Waals surface area contributed by atoms with Crippen LogP contribution >= 0.6 is 0 Å². The molecule has 0 bridgehead atoms. The second-order valence-electron chi connectivity index (χ2n) is 2.28. The molecule has 1 unspecified atom stereocenters. The van der Waals surface area contributed by atoms with E-state index in [-0.39, 0.29) is 6.29 Å². The number of aromatic nitrogens is 1. The lowest BCUT2D eigenvalue weighted by Crippen LogP contribution is -2.07. The minimum atomic E-state index is -0.337. The highest BCUT2D eigenvalue weighted by atomic mass is 16.7. The number of pyridine rings is 1. The summed E-state index contributed by atoms with van der Waals surface area (Å²) >= 11 is 0. The molecule has 1 aromatic heterocycles. The molecule has 1 rings (SSSR count). The molecule has 0 saturated heterocycles. The number of methoxy groups -OCH3 is 1. The molecule has 0 aromatic carbocycles. The highest BCUT2D eigenvalue weighted by Crippen LogP contribution is 2.13. The zero-order valence-electron chi connectivity index (χ0n) is 7.36. The van der Waals surface area contributed by atoms with E-state index in [0.717, 1.165) is 5.69 Å². The zero-order chi connectivity index (χ0) is 8.81. The maximum absolute atomic E-state index is 5.29. The smallest absolute Gasteiger partial charge is 0.200 e. The van der Waals surface area contributed by atoms with Crippen LogP contribution in [0.25, 0.3) is 0 Å². The standard InChI is InChI=1S/C9H13NO2/c1-3-12-9(11-2)8-6-4-5-7-10-8/h4-7,9H,3H2,1-2H3. The Morgan fingerprint density at radius 1 is 1.50 bits per heavy atom. The van der Waals surface area contributed by atoms with Crippen LogP contribution in [-0.2, 0) is 9.47 Å². The van der Waals surface area contributed by atoms with Gasteiger partial charge in [-0.05, 0) is 19.1 Å². The average Bonchev–Trinajstić information content (AvgIpc) is 2.15. The number of hydrogen-bond donors (Lipinski definition) is 0. The van der Waals surface area contributed by atoms with Crippen LogP contribution < -0.4 is 0 Å². The summed E-state index contributed by atoms with van der Waals surface area (Å²) in [6.45, 7) is 2.55. The lowest BCUT2D eigenvalue weighted by atomic mass is 10.3. The lowest BCUT2D eigenvalue weighted by molar-refractivity contribution is -0.126. The van der Waals surface area contributed by atoms with Gasteiger partial charge >= 0.3 is 0 Å². The summed E-state index contributed by atoms with van der Waals surface area (Å²) in [4.78, 5) is 4.12. The van der Waals surface area contributed by atoms with Gasteiger partial charge in [0.15, 0.2) is 0 Å². The lowest BCUT2D eigenvalue weighted by Gasteiger charge is -2.13. The van der Waals surface area contributed by atoms with E-state index in [1.165, 1.54) is 0 Å². The molecule has 0 aliphatic carbocycles. The van der Waals surface area contributed by atoms with Gasteiger partial charge in [-0.15, -0.1) is 0 Å². The number of ether oxygens (including phenoxy) is 2. The van der Waals surface area contributed by atoms with Crippen molar-refractivity contribution in [2.45, 2.75) is 13.2 Å². The molecular formula is C9H13NO2. The third-order valence-electron chi connectivity index (χ3n) is 1.46.